The molecule has 1 amide bonds. The van der Waals surface area contributed by atoms with Crippen LogP contribution in [-0.4, -0.2) is 11.0 Å². The summed E-state index contributed by atoms with van der Waals surface area (Å²) in [5, 5.41) is 12.0. The molecule has 2 N–H and O–H groups in total. The standard InChI is InChI=1S/C18H11F4NO4/c19-10-7-11(20)16(22)17(15(10)21)26-8-9-5-6-14(27-9)18(25)23-12-3-1-2-4-13(12)24/h1-7,24H,8H2,(H,23,25). The molecule has 0 fully saturated rings. The number of nitrogens with one attached hydrogen (secondary N) is 1. The first-order chi connectivity index (χ1) is 12.9. The number of aromatic hydroxyl groups is 1. The molecule has 0 saturated carbocycles. The number of furan rings is 1. The first-order valence-electron chi connectivity index (χ1n) is 7.50. The molecular weight excluding hydrogens is 370 g/mol. The molecule has 2 aromatic carbocycles. The monoisotopic (exact) mass is 381 g/mol. The molecule has 9 heteroatoms. The average molecular weight is 381 g/mol. The molecule has 0 aliphatic heterocycles. The molecule has 0 atom stereocenters. The Labute approximate surface area is 149 Å². The van der Waals surface area contributed by atoms with Crippen molar-refractivity contribution in [1.82, 2.24) is 0 Å². The zero-order chi connectivity index (χ0) is 19.6. The minimum atomic E-state index is -1.68. The Morgan fingerprint density at radius 3 is 2.37 bits per heavy atom. The summed E-state index contributed by atoms with van der Waals surface area (Å²) in [5.74, 6) is -8.86. The SMILES string of the molecule is O=C(Nc1ccccc1O)c1ccc(COc2c(F)c(F)cc(F)c2F)o1. The van der Waals surface area contributed by atoms with Crippen LogP contribution < -0.4 is 10.1 Å². The minimum Gasteiger partial charge on any atom is -0.506 e. The van der Waals surface area contributed by atoms with Crippen LogP contribution in [0.5, 0.6) is 11.5 Å². The fourth-order valence-electron chi connectivity index (χ4n) is 2.16. The lowest BCUT2D eigenvalue weighted by atomic mass is 10.3. The Hall–Kier alpha value is -3.49. The fraction of sp³-hybridized carbons (Fsp3) is 0.0556. The van der Waals surface area contributed by atoms with Gasteiger partial charge in [-0.15, -0.1) is 0 Å². The molecule has 1 heterocycles. The summed E-state index contributed by atoms with van der Waals surface area (Å²) in [4.78, 5) is 12.1. The lowest BCUT2D eigenvalue weighted by Gasteiger charge is -2.08. The summed E-state index contributed by atoms with van der Waals surface area (Å²) < 4.78 is 63.3. The Morgan fingerprint density at radius 1 is 1.04 bits per heavy atom. The van der Waals surface area contributed by atoms with Crippen LogP contribution >= 0.6 is 0 Å². The summed E-state index contributed by atoms with van der Waals surface area (Å²) in [5.41, 5.74) is 0.149. The third-order valence-corrected chi connectivity index (χ3v) is 3.47. The Bertz CT molecular complexity index is 977. The van der Waals surface area contributed by atoms with Crippen molar-refractivity contribution in [2.75, 3.05) is 5.32 Å². The molecule has 0 aliphatic carbocycles. The highest BCUT2D eigenvalue weighted by atomic mass is 19.2. The molecule has 1 aromatic heterocycles. The lowest BCUT2D eigenvalue weighted by molar-refractivity contribution is 0.0991. The number of hydrogen-bond donors (Lipinski definition) is 2. The number of carbonyl (C=O) groups is 1. The molecule has 0 aliphatic rings. The lowest BCUT2D eigenvalue weighted by Crippen LogP contribution is -2.11. The van der Waals surface area contributed by atoms with Crippen LogP contribution in [0, 0.1) is 23.3 Å². The Morgan fingerprint density at radius 2 is 1.70 bits per heavy atom. The molecular formula is C18H11F4NO4. The van der Waals surface area contributed by atoms with Crippen molar-refractivity contribution in [2.45, 2.75) is 6.61 Å². The maximum atomic E-state index is 13.5. The van der Waals surface area contributed by atoms with Crippen LogP contribution in [-0.2, 0) is 6.61 Å². The zero-order valence-corrected chi connectivity index (χ0v) is 13.4. The largest absolute Gasteiger partial charge is 0.506 e. The Kier molecular flexibility index (Phi) is 5.02. The second-order valence-electron chi connectivity index (χ2n) is 5.32. The zero-order valence-electron chi connectivity index (χ0n) is 13.4. The van der Waals surface area contributed by atoms with Gasteiger partial charge in [-0.2, -0.15) is 8.78 Å². The molecule has 3 rings (SSSR count). The van der Waals surface area contributed by atoms with Crippen molar-refractivity contribution in [3.05, 3.63) is 77.3 Å². The second kappa shape index (κ2) is 7.40. The first-order valence-corrected chi connectivity index (χ1v) is 7.50. The van der Waals surface area contributed by atoms with Crippen molar-refractivity contribution in [1.29, 1.82) is 0 Å². The molecule has 0 saturated heterocycles. The summed E-state index contributed by atoms with van der Waals surface area (Å²) in [7, 11) is 0. The van der Waals surface area contributed by atoms with Crippen molar-refractivity contribution in [3.8, 4) is 11.5 Å². The molecule has 0 bridgehead atoms. The first kappa shape index (κ1) is 18.3. The number of amides is 1. The van der Waals surface area contributed by atoms with E-state index in [1.54, 1.807) is 12.1 Å². The van der Waals surface area contributed by atoms with Gasteiger partial charge in [0.05, 0.1) is 5.69 Å². The second-order valence-corrected chi connectivity index (χ2v) is 5.32. The van der Waals surface area contributed by atoms with Gasteiger partial charge in [0.1, 0.15) is 18.1 Å². The van der Waals surface area contributed by atoms with Gasteiger partial charge < -0.3 is 19.6 Å². The van der Waals surface area contributed by atoms with Crippen molar-refractivity contribution in [2.24, 2.45) is 0 Å². The number of ether oxygens (including phenoxy) is 1. The van der Waals surface area contributed by atoms with E-state index in [0.717, 1.165) is 0 Å². The van der Waals surface area contributed by atoms with Gasteiger partial charge in [0.15, 0.2) is 23.1 Å². The summed E-state index contributed by atoms with van der Waals surface area (Å²) in [6, 6.07) is 8.60. The molecule has 27 heavy (non-hydrogen) atoms. The normalized spacial score (nSPS) is 10.7. The van der Waals surface area contributed by atoms with E-state index in [2.05, 4.69) is 5.32 Å². The van der Waals surface area contributed by atoms with E-state index in [-0.39, 0.29) is 29.0 Å². The van der Waals surface area contributed by atoms with Gasteiger partial charge >= 0.3 is 0 Å². The number of phenolic OH excluding ortho intramolecular Hbond substituents is 1. The predicted octanol–water partition coefficient (Wildman–Crippen LogP) is 4.37. The van der Waals surface area contributed by atoms with Crippen molar-refractivity contribution >= 4 is 11.6 Å². The number of hydrogen-bond acceptors (Lipinski definition) is 4. The minimum absolute atomic E-state index is 0.0269. The number of halogens is 4. The summed E-state index contributed by atoms with van der Waals surface area (Å²) in [6.45, 7) is -0.583. The fourth-order valence-corrected chi connectivity index (χ4v) is 2.16. The van der Waals surface area contributed by atoms with Crippen LogP contribution in [0.25, 0.3) is 0 Å². The highest BCUT2D eigenvalue weighted by molar-refractivity contribution is 6.03. The molecule has 3 aromatic rings. The molecule has 0 radical (unpaired) electrons. The van der Waals surface area contributed by atoms with Gasteiger partial charge in [-0.05, 0) is 24.3 Å². The average Bonchev–Trinajstić information content (AvgIpc) is 3.11. The van der Waals surface area contributed by atoms with Crippen LogP contribution in [0.4, 0.5) is 23.2 Å². The van der Waals surface area contributed by atoms with E-state index in [1.807, 2.05) is 0 Å². The highest BCUT2D eigenvalue weighted by Crippen LogP contribution is 2.27. The van der Waals surface area contributed by atoms with E-state index in [4.69, 9.17) is 9.15 Å². The maximum absolute atomic E-state index is 13.5. The summed E-state index contributed by atoms with van der Waals surface area (Å²) >= 11 is 0. The number of para-hydroxylation sites is 2. The number of rotatable bonds is 5. The van der Waals surface area contributed by atoms with Crippen molar-refractivity contribution < 1.29 is 36.6 Å². The van der Waals surface area contributed by atoms with Crippen LogP contribution in [0.1, 0.15) is 16.3 Å². The van der Waals surface area contributed by atoms with Gasteiger partial charge in [-0.25, -0.2) is 8.78 Å². The van der Waals surface area contributed by atoms with E-state index >= 15 is 0 Å². The number of anilines is 1. The van der Waals surface area contributed by atoms with Gasteiger partial charge in [-0.1, -0.05) is 12.1 Å². The third kappa shape index (κ3) is 3.86. The molecule has 0 unspecified atom stereocenters. The number of phenols is 1. The van der Waals surface area contributed by atoms with E-state index in [9.17, 15) is 27.5 Å². The van der Waals surface area contributed by atoms with E-state index in [1.165, 1.54) is 24.3 Å². The maximum Gasteiger partial charge on any atom is 0.291 e. The number of benzene rings is 2. The van der Waals surface area contributed by atoms with Gasteiger partial charge in [0.25, 0.3) is 5.91 Å². The highest BCUT2D eigenvalue weighted by Gasteiger charge is 2.21. The molecule has 140 valence electrons. The third-order valence-electron chi connectivity index (χ3n) is 3.47. The van der Waals surface area contributed by atoms with Gasteiger partial charge in [0, 0.05) is 6.07 Å². The van der Waals surface area contributed by atoms with E-state index < -0.39 is 41.5 Å². The van der Waals surface area contributed by atoms with Gasteiger partial charge in [0.2, 0.25) is 11.6 Å². The van der Waals surface area contributed by atoms with Crippen LogP contribution in [0.3, 0.4) is 0 Å². The van der Waals surface area contributed by atoms with Gasteiger partial charge in [-0.3, -0.25) is 4.79 Å². The number of carbonyl (C=O) groups excluding carboxylic acids is 1. The quantitative estimate of drug-likeness (QED) is 0.391. The van der Waals surface area contributed by atoms with Crippen LogP contribution in [0.2, 0.25) is 0 Å². The predicted molar refractivity (Wildman–Crippen MR) is 85.4 cm³/mol. The smallest absolute Gasteiger partial charge is 0.291 e. The van der Waals surface area contributed by atoms with Crippen LogP contribution in [0.15, 0.2) is 46.9 Å². The molecule has 0 spiro atoms. The topological polar surface area (TPSA) is 71.7 Å². The van der Waals surface area contributed by atoms with E-state index in [0.29, 0.717) is 0 Å². The summed E-state index contributed by atoms with van der Waals surface area (Å²) in [6.07, 6.45) is 0. The molecule has 5 nitrogen and oxygen atoms in total. The van der Waals surface area contributed by atoms with Crippen molar-refractivity contribution in [3.63, 3.8) is 0 Å². The Balaban J connectivity index is 1.70.